The van der Waals surface area contributed by atoms with Crippen LogP contribution in [0.1, 0.15) is 44.1 Å². The molecule has 0 aliphatic carbocycles. The van der Waals surface area contributed by atoms with Gasteiger partial charge in [-0.2, -0.15) is 0 Å². The molecule has 1 aliphatic heterocycles. The summed E-state index contributed by atoms with van der Waals surface area (Å²) in [6.07, 6.45) is 5.07. The van der Waals surface area contributed by atoms with Gasteiger partial charge >= 0.3 is 0 Å². The van der Waals surface area contributed by atoms with Crippen molar-refractivity contribution in [3.05, 3.63) is 35.9 Å². The molecule has 27 heavy (non-hydrogen) atoms. The Hall–Kier alpha value is -0.860. The SMILES string of the molecule is CN=C(NCCCCN1CCC(C)CC1)NCC(CO)c1ccccc1.I. The first-order valence-electron chi connectivity index (χ1n) is 10.1. The van der Waals surface area contributed by atoms with Crippen LogP contribution in [0.5, 0.6) is 0 Å². The molecule has 1 aliphatic rings. The molecule has 0 bridgehead atoms. The highest BCUT2D eigenvalue weighted by molar-refractivity contribution is 14.0. The summed E-state index contributed by atoms with van der Waals surface area (Å²) in [7, 11) is 1.79. The van der Waals surface area contributed by atoms with Crippen LogP contribution in [-0.2, 0) is 0 Å². The molecule has 2 rings (SSSR count). The minimum atomic E-state index is 0. The van der Waals surface area contributed by atoms with Crippen LogP contribution in [0.3, 0.4) is 0 Å². The summed E-state index contributed by atoms with van der Waals surface area (Å²) in [6, 6.07) is 10.1. The van der Waals surface area contributed by atoms with Crippen LogP contribution in [0.15, 0.2) is 35.3 Å². The maximum absolute atomic E-state index is 9.65. The maximum atomic E-state index is 9.65. The minimum Gasteiger partial charge on any atom is -0.396 e. The zero-order chi connectivity index (χ0) is 18.6. The topological polar surface area (TPSA) is 59.9 Å². The Labute approximate surface area is 182 Å². The quantitative estimate of drug-likeness (QED) is 0.217. The Morgan fingerprint density at radius 1 is 1.19 bits per heavy atom. The van der Waals surface area contributed by atoms with Crippen LogP contribution in [0, 0.1) is 5.92 Å². The summed E-state index contributed by atoms with van der Waals surface area (Å²) in [5.41, 5.74) is 1.15. The molecule has 1 atom stereocenters. The predicted octanol–water partition coefficient (Wildman–Crippen LogP) is 3.06. The van der Waals surface area contributed by atoms with E-state index in [0.29, 0.717) is 6.54 Å². The molecule has 154 valence electrons. The number of likely N-dealkylation sites (tertiary alicyclic amines) is 1. The number of benzene rings is 1. The first kappa shape index (κ1) is 24.2. The number of aliphatic hydroxyl groups excluding tert-OH is 1. The Morgan fingerprint density at radius 3 is 2.52 bits per heavy atom. The first-order valence-corrected chi connectivity index (χ1v) is 10.1. The van der Waals surface area contributed by atoms with Crippen LogP contribution in [0.25, 0.3) is 0 Å². The molecule has 1 unspecified atom stereocenters. The van der Waals surface area contributed by atoms with E-state index < -0.39 is 0 Å². The molecular formula is C21H37IN4O. The van der Waals surface area contributed by atoms with E-state index in [1.807, 2.05) is 18.2 Å². The number of aliphatic hydroxyl groups is 1. The predicted molar refractivity (Wildman–Crippen MR) is 125 cm³/mol. The highest BCUT2D eigenvalue weighted by Gasteiger charge is 2.14. The van der Waals surface area contributed by atoms with Crippen molar-refractivity contribution in [3.8, 4) is 0 Å². The lowest BCUT2D eigenvalue weighted by molar-refractivity contribution is 0.189. The van der Waals surface area contributed by atoms with E-state index in [-0.39, 0.29) is 36.5 Å². The molecule has 6 heteroatoms. The Bertz CT molecular complexity index is 518. The van der Waals surface area contributed by atoms with E-state index >= 15 is 0 Å². The van der Waals surface area contributed by atoms with Gasteiger partial charge in [0, 0.05) is 26.1 Å². The molecular weight excluding hydrogens is 451 g/mol. The van der Waals surface area contributed by atoms with E-state index in [2.05, 4.69) is 39.6 Å². The molecule has 1 aromatic rings. The van der Waals surface area contributed by atoms with Crippen molar-refractivity contribution >= 4 is 29.9 Å². The first-order chi connectivity index (χ1) is 12.7. The maximum Gasteiger partial charge on any atom is 0.190 e. The Morgan fingerprint density at radius 2 is 1.89 bits per heavy atom. The highest BCUT2D eigenvalue weighted by atomic mass is 127. The fourth-order valence-corrected chi connectivity index (χ4v) is 3.41. The molecule has 0 amide bonds. The lowest BCUT2D eigenvalue weighted by atomic mass is 9.99. The zero-order valence-electron chi connectivity index (χ0n) is 16.9. The van der Waals surface area contributed by atoms with E-state index in [1.165, 1.54) is 38.9 Å². The monoisotopic (exact) mass is 488 g/mol. The number of unbranched alkanes of at least 4 members (excludes halogenated alkanes) is 1. The van der Waals surface area contributed by atoms with Gasteiger partial charge in [-0.05, 0) is 56.8 Å². The summed E-state index contributed by atoms with van der Waals surface area (Å²) in [5.74, 6) is 1.79. The number of rotatable bonds is 9. The third-order valence-corrected chi connectivity index (χ3v) is 5.30. The van der Waals surface area contributed by atoms with E-state index in [9.17, 15) is 5.11 Å². The third-order valence-electron chi connectivity index (χ3n) is 5.30. The number of halogens is 1. The third kappa shape index (κ3) is 9.25. The van der Waals surface area contributed by atoms with Crippen LogP contribution in [0.4, 0.5) is 0 Å². The van der Waals surface area contributed by atoms with Gasteiger partial charge in [-0.15, -0.1) is 24.0 Å². The number of piperidine rings is 1. The number of nitrogens with zero attached hydrogens (tertiary/aromatic N) is 2. The second-order valence-corrected chi connectivity index (χ2v) is 7.40. The van der Waals surface area contributed by atoms with Gasteiger partial charge in [0.15, 0.2) is 5.96 Å². The molecule has 1 aromatic carbocycles. The van der Waals surface area contributed by atoms with Crippen LogP contribution in [0.2, 0.25) is 0 Å². The molecule has 0 saturated carbocycles. The Balaban J connectivity index is 0.00000364. The van der Waals surface area contributed by atoms with Gasteiger partial charge in [-0.1, -0.05) is 37.3 Å². The molecule has 5 nitrogen and oxygen atoms in total. The molecule has 0 aromatic heterocycles. The number of aliphatic imine (C=N–C) groups is 1. The van der Waals surface area contributed by atoms with Crippen LogP contribution < -0.4 is 10.6 Å². The molecule has 0 radical (unpaired) electrons. The number of nitrogens with one attached hydrogen (secondary N) is 2. The van der Waals surface area contributed by atoms with Gasteiger partial charge in [0.1, 0.15) is 0 Å². The average Bonchev–Trinajstić information content (AvgIpc) is 2.68. The molecule has 3 N–H and O–H groups in total. The lowest BCUT2D eigenvalue weighted by Crippen LogP contribution is -2.40. The van der Waals surface area contributed by atoms with Crippen molar-refractivity contribution in [2.75, 3.05) is 46.4 Å². The van der Waals surface area contributed by atoms with Crippen molar-refractivity contribution in [2.45, 2.75) is 38.5 Å². The summed E-state index contributed by atoms with van der Waals surface area (Å²) >= 11 is 0. The number of hydrogen-bond acceptors (Lipinski definition) is 3. The van der Waals surface area contributed by atoms with Crippen molar-refractivity contribution in [2.24, 2.45) is 10.9 Å². The second-order valence-electron chi connectivity index (χ2n) is 7.40. The van der Waals surface area contributed by atoms with Crippen molar-refractivity contribution in [1.82, 2.24) is 15.5 Å². The largest absolute Gasteiger partial charge is 0.396 e. The summed E-state index contributed by atoms with van der Waals surface area (Å²) in [4.78, 5) is 6.88. The van der Waals surface area contributed by atoms with Gasteiger partial charge in [-0.25, -0.2) is 0 Å². The summed E-state index contributed by atoms with van der Waals surface area (Å²) < 4.78 is 0. The summed E-state index contributed by atoms with van der Waals surface area (Å²) in [5, 5.41) is 16.4. The molecule has 1 saturated heterocycles. The van der Waals surface area contributed by atoms with Crippen molar-refractivity contribution in [3.63, 3.8) is 0 Å². The van der Waals surface area contributed by atoms with Crippen LogP contribution in [-0.4, -0.2) is 62.3 Å². The Kier molecular flexibility index (Phi) is 12.7. The van der Waals surface area contributed by atoms with E-state index in [4.69, 9.17) is 0 Å². The molecule has 1 fully saturated rings. The fourth-order valence-electron chi connectivity index (χ4n) is 3.41. The van der Waals surface area contributed by atoms with Gasteiger partial charge in [-0.3, -0.25) is 4.99 Å². The minimum absolute atomic E-state index is 0. The second kappa shape index (κ2) is 14.2. The van der Waals surface area contributed by atoms with Gasteiger partial charge in [0.05, 0.1) is 6.61 Å². The van der Waals surface area contributed by atoms with Gasteiger partial charge in [0.2, 0.25) is 0 Å². The standard InChI is InChI=1S/C21H36N4O.HI/c1-18-10-14-25(15-11-18)13-7-6-12-23-21(22-2)24-16-20(17-26)19-8-4-3-5-9-19;/h3-5,8-9,18,20,26H,6-7,10-17H2,1-2H3,(H2,22,23,24);1H. The van der Waals surface area contributed by atoms with Gasteiger partial charge < -0.3 is 20.6 Å². The average molecular weight is 488 g/mol. The summed E-state index contributed by atoms with van der Waals surface area (Å²) in [6.45, 7) is 7.83. The molecule has 0 spiro atoms. The van der Waals surface area contributed by atoms with Crippen LogP contribution >= 0.6 is 24.0 Å². The van der Waals surface area contributed by atoms with Gasteiger partial charge in [0.25, 0.3) is 0 Å². The lowest BCUT2D eigenvalue weighted by Gasteiger charge is -2.30. The number of hydrogen-bond donors (Lipinski definition) is 3. The van der Waals surface area contributed by atoms with E-state index in [0.717, 1.165) is 30.4 Å². The number of guanidine groups is 1. The fraction of sp³-hybridized carbons (Fsp3) is 0.667. The van der Waals surface area contributed by atoms with Crippen molar-refractivity contribution in [1.29, 1.82) is 0 Å². The normalized spacial score (nSPS) is 17.2. The highest BCUT2D eigenvalue weighted by Crippen LogP contribution is 2.16. The van der Waals surface area contributed by atoms with Crippen molar-refractivity contribution < 1.29 is 5.11 Å². The van der Waals surface area contributed by atoms with E-state index in [1.54, 1.807) is 7.05 Å². The smallest absolute Gasteiger partial charge is 0.190 e. The molecule has 1 heterocycles. The zero-order valence-corrected chi connectivity index (χ0v) is 19.2.